The number of benzene rings is 1. The lowest BCUT2D eigenvalue weighted by molar-refractivity contribution is -0.153. The maximum Gasteiger partial charge on any atom is 0.321 e. The molecular formula is C27H39N3O4S. The van der Waals surface area contributed by atoms with Crippen LogP contribution in [0.1, 0.15) is 78.6 Å². The Labute approximate surface area is 213 Å². The summed E-state index contributed by atoms with van der Waals surface area (Å²) in [5.74, 6) is 0.692. The predicted molar refractivity (Wildman–Crippen MR) is 141 cm³/mol. The molecule has 35 heavy (non-hydrogen) atoms. The van der Waals surface area contributed by atoms with Crippen LogP contribution < -0.4 is 15.4 Å². The number of nitrogens with two attached hydrogens (primary N) is 1. The van der Waals surface area contributed by atoms with Crippen LogP contribution in [0.3, 0.4) is 0 Å². The second-order valence-corrected chi connectivity index (χ2v) is 10.6. The highest BCUT2D eigenvalue weighted by Gasteiger charge is 2.29. The largest absolute Gasteiger partial charge is 0.494 e. The van der Waals surface area contributed by atoms with Gasteiger partial charge in [-0.2, -0.15) is 0 Å². The molecule has 1 heterocycles. The maximum absolute atomic E-state index is 12.1. The van der Waals surface area contributed by atoms with Gasteiger partial charge in [0.1, 0.15) is 5.75 Å². The van der Waals surface area contributed by atoms with Gasteiger partial charge in [0.15, 0.2) is 5.13 Å². The van der Waals surface area contributed by atoms with Crippen molar-refractivity contribution in [2.45, 2.75) is 84.6 Å². The highest BCUT2D eigenvalue weighted by atomic mass is 32.1. The number of ether oxygens (including phenoxy) is 2. The molecule has 2 aromatic rings. The summed E-state index contributed by atoms with van der Waals surface area (Å²) in [6, 6.07) is 7.60. The average Bonchev–Trinajstić information content (AvgIpc) is 3.32. The number of unbranched alkanes of at least 4 members (excludes halogenated alkanes) is 2. The van der Waals surface area contributed by atoms with Gasteiger partial charge in [-0.3, -0.25) is 9.69 Å². The summed E-state index contributed by atoms with van der Waals surface area (Å²) in [7, 11) is 0. The Kier molecular flexibility index (Phi) is 9.95. The van der Waals surface area contributed by atoms with Gasteiger partial charge >= 0.3 is 12.0 Å². The molecule has 0 aliphatic heterocycles. The molecule has 1 aromatic carbocycles. The first-order chi connectivity index (χ1) is 16.8. The van der Waals surface area contributed by atoms with Crippen molar-refractivity contribution in [1.82, 2.24) is 4.98 Å². The van der Waals surface area contributed by atoms with E-state index >= 15 is 0 Å². The number of amides is 2. The molecule has 0 unspecified atom stereocenters. The number of carbonyl (C=O) groups is 2. The zero-order valence-corrected chi connectivity index (χ0v) is 22.1. The Bertz CT molecular complexity index is 952. The third kappa shape index (κ3) is 7.69. The monoisotopic (exact) mass is 501 g/mol. The lowest BCUT2D eigenvalue weighted by Gasteiger charge is -2.31. The van der Waals surface area contributed by atoms with Crippen molar-refractivity contribution in [3.8, 4) is 17.0 Å². The van der Waals surface area contributed by atoms with Gasteiger partial charge < -0.3 is 15.2 Å². The smallest absolute Gasteiger partial charge is 0.321 e. The minimum atomic E-state index is -0.437. The fourth-order valence-corrected chi connectivity index (χ4v) is 5.37. The number of nitrogens with zero attached hydrogens (tertiary/aromatic N) is 2. The van der Waals surface area contributed by atoms with Crippen LogP contribution in [-0.4, -0.2) is 36.2 Å². The van der Waals surface area contributed by atoms with Crippen LogP contribution in [0.15, 0.2) is 29.6 Å². The van der Waals surface area contributed by atoms with E-state index in [1.54, 1.807) is 4.90 Å². The molecule has 0 spiro atoms. The van der Waals surface area contributed by atoms with E-state index < -0.39 is 11.4 Å². The molecule has 2 N–H and O–H groups in total. The molecule has 3 rings (SSSR count). The lowest BCUT2D eigenvalue weighted by Crippen LogP contribution is -2.44. The topological polar surface area (TPSA) is 94.8 Å². The molecule has 1 aliphatic carbocycles. The zero-order valence-electron chi connectivity index (χ0n) is 21.3. The molecule has 1 saturated carbocycles. The van der Waals surface area contributed by atoms with Gasteiger partial charge in [0.05, 0.1) is 24.3 Å². The summed E-state index contributed by atoms with van der Waals surface area (Å²) >= 11 is 1.46. The number of thiazole rings is 1. The van der Waals surface area contributed by atoms with E-state index in [2.05, 4.69) is 0 Å². The van der Waals surface area contributed by atoms with Gasteiger partial charge in [-0.05, 0) is 70.7 Å². The standard InChI is InChI=1S/C27H39N3O4S/c1-4-33-24(31)27(2,3)17-9-6-10-18-34-22-15-13-20(14-16-22)23-19-35-26(29-23)30(25(28)32)21-11-7-5-8-12-21/h13-16,19,21H,4-12,17-18H2,1-3H3,(H2,28,32). The number of hydrogen-bond acceptors (Lipinski definition) is 6. The summed E-state index contributed by atoms with van der Waals surface area (Å²) in [6.07, 6.45) is 9.13. The number of carbonyl (C=O) groups excluding carboxylic acids is 2. The van der Waals surface area contributed by atoms with E-state index in [0.717, 1.165) is 68.4 Å². The van der Waals surface area contributed by atoms with Crippen LogP contribution >= 0.6 is 11.3 Å². The molecule has 8 heteroatoms. The van der Waals surface area contributed by atoms with Crippen LogP contribution in [-0.2, 0) is 9.53 Å². The minimum absolute atomic E-state index is 0.125. The first-order valence-electron chi connectivity index (χ1n) is 12.8. The van der Waals surface area contributed by atoms with Crippen LogP contribution in [0.2, 0.25) is 0 Å². The summed E-state index contributed by atoms with van der Waals surface area (Å²) in [5, 5.41) is 2.65. The molecular weight excluding hydrogens is 462 g/mol. The lowest BCUT2D eigenvalue weighted by atomic mass is 9.87. The Morgan fingerprint density at radius 2 is 1.83 bits per heavy atom. The Hall–Kier alpha value is -2.61. The fourth-order valence-electron chi connectivity index (χ4n) is 4.46. The van der Waals surface area contributed by atoms with Crippen molar-refractivity contribution in [2.24, 2.45) is 11.1 Å². The third-order valence-corrected chi connectivity index (χ3v) is 7.41. The number of anilines is 1. The van der Waals surface area contributed by atoms with Gasteiger partial charge in [-0.1, -0.05) is 32.1 Å². The van der Waals surface area contributed by atoms with E-state index in [-0.39, 0.29) is 12.0 Å². The summed E-state index contributed by atoms with van der Waals surface area (Å²) in [5.41, 5.74) is 7.09. The molecule has 192 valence electrons. The first kappa shape index (κ1) is 27.0. The van der Waals surface area contributed by atoms with Crippen molar-refractivity contribution in [2.75, 3.05) is 18.1 Å². The van der Waals surface area contributed by atoms with Gasteiger partial charge in [0.2, 0.25) is 0 Å². The van der Waals surface area contributed by atoms with Crippen LogP contribution in [0.25, 0.3) is 11.3 Å². The molecule has 1 aliphatic rings. The van der Waals surface area contributed by atoms with Crippen molar-refractivity contribution in [3.05, 3.63) is 29.6 Å². The number of hydrogen-bond donors (Lipinski definition) is 1. The number of urea groups is 1. The van der Waals surface area contributed by atoms with Crippen molar-refractivity contribution in [3.63, 3.8) is 0 Å². The van der Waals surface area contributed by atoms with Gasteiger partial charge in [0, 0.05) is 17.0 Å². The second kappa shape index (κ2) is 12.9. The molecule has 0 saturated heterocycles. The third-order valence-electron chi connectivity index (χ3n) is 6.57. The SMILES string of the molecule is CCOC(=O)C(C)(C)CCCCCOc1ccc(-c2csc(N(C(N)=O)C3CCCCC3)n2)cc1. The molecule has 7 nitrogen and oxygen atoms in total. The Morgan fingerprint density at radius 3 is 2.49 bits per heavy atom. The average molecular weight is 502 g/mol. The van der Waals surface area contributed by atoms with Gasteiger partial charge in [-0.25, -0.2) is 9.78 Å². The van der Waals surface area contributed by atoms with E-state index in [1.807, 2.05) is 50.4 Å². The molecule has 1 aromatic heterocycles. The summed E-state index contributed by atoms with van der Waals surface area (Å²) in [4.78, 5) is 30.5. The Balaban J connectivity index is 1.46. The zero-order chi connectivity index (χ0) is 25.3. The maximum atomic E-state index is 12.1. The second-order valence-electron chi connectivity index (χ2n) is 9.80. The quantitative estimate of drug-likeness (QED) is 0.263. The highest BCUT2D eigenvalue weighted by Crippen LogP contribution is 2.33. The Morgan fingerprint density at radius 1 is 1.11 bits per heavy atom. The minimum Gasteiger partial charge on any atom is -0.494 e. The highest BCUT2D eigenvalue weighted by molar-refractivity contribution is 7.14. The normalized spacial score (nSPS) is 14.5. The van der Waals surface area contributed by atoms with E-state index in [4.69, 9.17) is 20.2 Å². The van der Waals surface area contributed by atoms with E-state index in [0.29, 0.717) is 18.3 Å². The molecule has 1 fully saturated rings. The summed E-state index contributed by atoms with van der Waals surface area (Å²) in [6.45, 7) is 6.77. The van der Waals surface area contributed by atoms with Crippen molar-refractivity contribution in [1.29, 1.82) is 0 Å². The number of aromatic nitrogens is 1. The van der Waals surface area contributed by atoms with Gasteiger partial charge in [0.25, 0.3) is 0 Å². The first-order valence-corrected chi connectivity index (χ1v) is 13.6. The molecule has 0 radical (unpaired) electrons. The molecule has 0 bridgehead atoms. The van der Waals surface area contributed by atoms with Crippen LogP contribution in [0, 0.1) is 5.41 Å². The van der Waals surface area contributed by atoms with E-state index in [9.17, 15) is 9.59 Å². The van der Waals surface area contributed by atoms with Crippen LogP contribution in [0.4, 0.5) is 9.93 Å². The fraction of sp³-hybridized carbons (Fsp3) is 0.593. The van der Waals surface area contributed by atoms with Crippen molar-refractivity contribution < 1.29 is 19.1 Å². The molecule has 0 atom stereocenters. The van der Waals surface area contributed by atoms with Crippen LogP contribution in [0.5, 0.6) is 5.75 Å². The van der Waals surface area contributed by atoms with Crippen molar-refractivity contribution >= 4 is 28.5 Å². The molecule has 2 amide bonds. The predicted octanol–water partition coefficient (Wildman–Crippen LogP) is 6.56. The number of rotatable bonds is 12. The number of esters is 1. The van der Waals surface area contributed by atoms with Gasteiger partial charge in [-0.15, -0.1) is 11.3 Å². The van der Waals surface area contributed by atoms with E-state index in [1.165, 1.54) is 17.8 Å². The number of primary amides is 1. The summed E-state index contributed by atoms with van der Waals surface area (Å²) < 4.78 is 11.0.